The van der Waals surface area contributed by atoms with Crippen molar-refractivity contribution in [1.82, 2.24) is 0 Å². The maximum absolute atomic E-state index is 9.61. The number of para-hydroxylation sites is 2. The van der Waals surface area contributed by atoms with Crippen LogP contribution in [0.2, 0.25) is 0 Å². The van der Waals surface area contributed by atoms with E-state index < -0.39 is 461 Å². The third-order valence-corrected chi connectivity index (χ3v) is 13.1. The van der Waals surface area contributed by atoms with Crippen LogP contribution in [0.15, 0.2) is 311 Å². The number of furan rings is 2. The fourth-order valence-corrected chi connectivity index (χ4v) is 9.61. The van der Waals surface area contributed by atoms with Gasteiger partial charge in [0.05, 0.1) is 68.5 Å². The lowest BCUT2D eigenvalue weighted by atomic mass is 9.84. The molecule has 0 bridgehead atoms. The minimum Gasteiger partial charge on any atom is -0.456 e. The van der Waals surface area contributed by atoms with Crippen molar-refractivity contribution < 1.29 is 77.4 Å². The molecular weight excluding hydrogens is 993 g/mol. The van der Waals surface area contributed by atoms with Crippen LogP contribution in [0.4, 0.5) is 0 Å². The van der Waals surface area contributed by atoms with Crippen LogP contribution < -0.4 is 0 Å². The predicted molar refractivity (Wildman–Crippen MR) is 348 cm³/mol. The van der Waals surface area contributed by atoms with Gasteiger partial charge in [0.2, 0.25) is 0 Å². The summed E-state index contributed by atoms with van der Waals surface area (Å²) in [7, 11) is 0. The standard InChI is InChI=1S/C44H28O.C36H22O/c1-2-10-29(11-3-1)30-18-20-31(21-19-30)32-22-24-33(25-23-32)43-36-13-4-6-15-38(36)44(39-16-7-5-14-37(39)43)34-26-27-42-40(28-34)35-12-8-9-17-41(35)45-42;1-2-12-25-23(10-1)11-9-18-27(25)36-30-16-5-3-14-28(30)35(29-15-4-6-17-31(29)36)24-20-21-34-32(22-24)26-13-7-8-19-33(26)37-34/h1-28H;1-22H/i1D,2D,3D,4D,5D,6D,7D,8D,9D,10D,11D,12D,13D,14D,15D,16D,17D,18D,19D,20D,21D,22D,23D,24D,25D,26D,27D,28D;1D,2D,3D,4D,5D,6D,7D,8D,9D,10D,11D,12D,13D,14D,15D,16D,17D,18D,19D,20D,21D,22D. The molecule has 2 aromatic heterocycles. The van der Waals surface area contributed by atoms with Crippen LogP contribution in [0.1, 0.15) is 68.5 Å². The van der Waals surface area contributed by atoms with E-state index in [0.717, 1.165) is 0 Å². The number of rotatable bonds is 6. The van der Waals surface area contributed by atoms with E-state index in [1.165, 1.54) is 0 Å². The van der Waals surface area contributed by atoms with Crippen molar-refractivity contribution in [3.8, 4) is 66.8 Å². The highest BCUT2D eigenvalue weighted by Crippen LogP contribution is 2.48. The quantitative estimate of drug-likeness (QED) is 0.155. The predicted octanol–water partition coefficient (Wildman–Crippen LogP) is 22.9. The zero-order valence-corrected chi connectivity index (χ0v) is 40.8. The number of fused-ring (bicyclic) bond motifs is 11. The molecule has 0 aliphatic heterocycles. The van der Waals surface area contributed by atoms with Crippen molar-refractivity contribution in [2.75, 3.05) is 0 Å². The molecule has 0 saturated heterocycles. The number of benzene rings is 15. The fourth-order valence-electron chi connectivity index (χ4n) is 9.61. The van der Waals surface area contributed by atoms with Crippen molar-refractivity contribution in [3.05, 3.63) is 302 Å². The Morgan fingerprint density at radius 3 is 0.915 bits per heavy atom. The second-order valence-corrected chi connectivity index (χ2v) is 17.5. The van der Waals surface area contributed by atoms with Crippen molar-refractivity contribution in [2.24, 2.45) is 0 Å². The molecule has 17 aromatic rings. The number of hydrogen-bond acceptors (Lipinski definition) is 2. The van der Waals surface area contributed by atoms with Gasteiger partial charge in [-0.15, -0.1) is 0 Å². The summed E-state index contributed by atoms with van der Waals surface area (Å²) in [6.45, 7) is 0. The lowest BCUT2D eigenvalue weighted by molar-refractivity contribution is 0.668. The average molecular weight is 1090 g/mol. The molecule has 82 heavy (non-hydrogen) atoms. The van der Waals surface area contributed by atoms with E-state index in [0.29, 0.717) is 0 Å². The Bertz CT molecular complexity index is 8180. The second kappa shape index (κ2) is 19.5. The largest absolute Gasteiger partial charge is 0.456 e. The summed E-state index contributed by atoms with van der Waals surface area (Å²) in [5.41, 5.74) is -10.9. The minimum atomic E-state index is -1.12. The maximum atomic E-state index is 9.61. The van der Waals surface area contributed by atoms with Crippen molar-refractivity contribution in [2.45, 2.75) is 0 Å². The zero-order chi connectivity index (χ0) is 97.6. The van der Waals surface area contributed by atoms with Gasteiger partial charge in [0.15, 0.2) is 0 Å². The highest BCUT2D eigenvalue weighted by molar-refractivity contribution is 6.25. The van der Waals surface area contributed by atoms with Crippen LogP contribution in [-0.2, 0) is 0 Å². The van der Waals surface area contributed by atoms with Crippen molar-refractivity contribution in [3.63, 3.8) is 0 Å². The van der Waals surface area contributed by atoms with Crippen LogP contribution in [0, 0.1) is 0 Å². The third-order valence-electron chi connectivity index (χ3n) is 13.1. The summed E-state index contributed by atoms with van der Waals surface area (Å²) in [4.78, 5) is 0. The SMILES string of the molecule is [2H]c1c([2H])c([2H])c(-c2c([2H])c([2H])c(-c3c([2H])c([2H])c(-c4c5c([2H])c([2H])c([2H])c([2H])c5c(-c5c([2H])c([2H])c6oc7c([2H])c([2H])c([2H])c([2H])c7c6c5[2H])c5c([2H])c([2H])c([2H])c([2H])c45)c([2H])c3[2H])c([2H])c2[2H])c([2H])c1[2H].[2H]c1c([2H])c([2H])c2c(oc3c([2H])c([2H])c(-c4c5c([2H])c([2H])c([2H])c([2H])c5c(-c5c([2H])c([2H])c([2H])c6c([2H])c([2H])c([2H])c([2H])c56)c5c([2H])c([2H])c([2H])c([2H])c45)c([2H])c32)c1[2H]. The minimum absolute atomic E-state index is 0.377. The van der Waals surface area contributed by atoms with E-state index in [2.05, 4.69) is 0 Å². The second-order valence-electron chi connectivity index (χ2n) is 17.5. The van der Waals surface area contributed by atoms with Crippen LogP contribution in [0.3, 0.4) is 0 Å². The molecular formula is C80H50O2. The molecule has 382 valence electrons. The van der Waals surface area contributed by atoms with E-state index in [1.54, 1.807) is 0 Å². The Hall–Kier alpha value is -10.8. The number of hydrogen-bond donors (Lipinski definition) is 0. The van der Waals surface area contributed by atoms with Crippen molar-refractivity contribution >= 4 is 97.7 Å². The molecule has 0 unspecified atom stereocenters. The zero-order valence-electron chi connectivity index (χ0n) is 90.8. The Labute approximate surface area is 544 Å². The highest BCUT2D eigenvalue weighted by Gasteiger charge is 2.21. The first kappa shape index (κ1) is 18.9. The van der Waals surface area contributed by atoms with Gasteiger partial charge in [0.1, 0.15) is 22.3 Å². The molecule has 2 heterocycles. The molecule has 0 aliphatic rings. The molecule has 0 radical (unpaired) electrons. The van der Waals surface area contributed by atoms with E-state index >= 15 is 0 Å². The van der Waals surface area contributed by atoms with Gasteiger partial charge in [-0.05, 0) is 157 Å². The van der Waals surface area contributed by atoms with E-state index in [9.17, 15) is 21.9 Å². The normalized spacial score (nSPS) is 20.2. The summed E-state index contributed by atoms with van der Waals surface area (Å²) in [5.74, 6) is 0. The highest BCUT2D eigenvalue weighted by atomic mass is 16.3. The Kier molecular flexibility index (Phi) is 4.50. The van der Waals surface area contributed by atoms with Crippen molar-refractivity contribution in [1.29, 1.82) is 0 Å². The van der Waals surface area contributed by atoms with Crippen LogP contribution in [-0.4, -0.2) is 0 Å². The molecule has 0 amide bonds. The summed E-state index contributed by atoms with van der Waals surface area (Å²) >= 11 is 0. The summed E-state index contributed by atoms with van der Waals surface area (Å²) in [5, 5.41) is -8.31. The van der Waals surface area contributed by atoms with E-state index in [-0.39, 0.29) is 5.39 Å². The first-order valence-electron chi connectivity index (χ1n) is 49.1. The molecule has 15 aromatic carbocycles. The Morgan fingerprint density at radius 1 is 0.183 bits per heavy atom. The maximum Gasteiger partial charge on any atom is 0.135 e. The van der Waals surface area contributed by atoms with E-state index in [1.807, 2.05) is 0 Å². The molecule has 0 N–H and O–H groups in total. The molecule has 2 nitrogen and oxygen atoms in total. The average Bonchev–Trinajstić information content (AvgIpc) is 0.883. The van der Waals surface area contributed by atoms with Gasteiger partial charge in [0.25, 0.3) is 0 Å². The van der Waals surface area contributed by atoms with Gasteiger partial charge >= 0.3 is 0 Å². The first-order valence-corrected chi connectivity index (χ1v) is 24.1. The molecule has 0 atom stereocenters. The molecule has 0 aliphatic carbocycles. The summed E-state index contributed by atoms with van der Waals surface area (Å²) < 4.78 is 454. The lowest BCUT2D eigenvalue weighted by Crippen LogP contribution is -1.91. The van der Waals surface area contributed by atoms with Gasteiger partial charge in [-0.25, -0.2) is 0 Å². The van der Waals surface area contributed by atoms with E-state index in [4.69, 9.17) is 55.4 Å². The third kappa shape index (κ3) is 7.87. The van der Waals surface area contributed by atoms with Gasteiger partial charge in [-0.2, -0.15) is 0 Å². The van der Waals surface area contributed by atoms with Gasteiger partial charge < -0.3 is 8.83 Å². The lowest BCUT2D eigenvalue weighted by Gasteiger charge is -2.18. The monoisotopic (exact) mass is 1090 g/mol. The molecule has 0 fully saturated rings. The Balaban J connectivity index is 0.000000197. The fraction of sp³-hybridized carbons (Fsp3) is 0. The smallest absolute Gasteiger partial charge is 0.135 e. The first-order chi connectivity index (χ1) is 61.5. The molecule has 17 rings (SSSR count). The Morgan fingerprint density at radius 2 is 0.476 bits per heavy atom. The summed E-state index contributed by atoms with van der Waals surface area (Å²) in [6, 6.07) is -44.8. The van der Waals surface area contributed by atoms with Crippen LogP contribution in [0.25, 0.3) is 165 Å². The molecule has 0 spiro atoms. The van der Waals surface area contributed by atoms with Gasteiger partial charge in [0, 0.05) is 21.5 Å². The molecule has 2 heteroatoms. The molecule has 0 saturated carbocycles. The summed E-state index contributed by atoms with van der Waals surface area (Å²) in [6.07, 6.45) is 0. The topological polar surface area (TPSA) is 26.3 Å². The van der Waals surface area contributed by atoms with Crippen LogP contribution >= 0.6 is 0 Å². The van der Waals surface area contributed by atoms with Crippen LogP contribution in [0.5, 0.6) is 0 Å². The van der Waals surface area contributed by atoms with Gasteiger partial charge in [-0.1, -0.05) is 266 Å². The van der Waals surface area contributed by atoms with Gasteiger partial charge in [-0.3, -0.25) is 0 Å².